The van der Waals surface area contributed by atoms with E-state index < -0.39 is 0 Å². The number of ether oxygens (including phenoxy) is 1. The number of anilines is 1. The molecule has 0 spiro atoms. The normalized spacial score (nSPS) is 24.4. The number of benzene rings is 1. The molecule has 4 nitrogen and oxygen atoms in total. The highest BCUT2D eigenvalue weighted by molar-refractivity contribution is 5.95. The van der Waals surface area contributed by atoms with E-state index in [1.54, 1.807) is 7.11 Å². The molecule has 1 amide bonds. The number of nitrogens with zero attached hydrogens (tertiary/aromatic N) is 1. The van der Waals surface area contributed by atoms with E-state index >= 15 is 0 Å². The van der Waals surface area contributed by atoms with Crippen molar-refractivity contribution in [3.8, 4) is 5.75 Å². The SMILES string of the molecule is COc1ccccc1NC(=O)[C@@H](C)N1C[C@H](C)C[C@H](C)C1. The van der Waals surface area contributed by atoms with E-state index in [1.165, 1.54) is 6.42 Å². The number of methoxy groups -OCH3 is 1. The van der Waals surface area contributed by atoms with Gasteiger partial charge in [-0.1, -0.05) is 26.0 Å². The average molecular weight is 290 g/mol. The lowest BCUT2D eigenvalue weighted by atomic mass is 9.91. The van der Waals surface area contributed by atoms with Crippen molar-refractivity contribution in [2.45, 2.75) is 33.2 Å². The maximum Gasteiger partial charge on any atom is 0.241 e. The predicted octanol–water partition coefficient (Wildman–Crippen LogP) is 3.00. The summed E-state index contributed by atoms with van der Waals surface area (Å²) in [6, 6.07) is 7.39. The number of carbonyl (C=O) groups is 1. The van der Waals surface area contributed by atoms with Gasteiger partial charge in [0.1, 0.15) is 5.75 Å². The van der Waals surface area contributed by atoms with Crippen LogP contribution in [-0.2, 0) is 4.79 Å². The first-order valence-electron chi connectivity index (χ1n) is 7.69. The minimum Gasteiger partial charge on any atom is -0.495 e. The Kier molecular flexibility index (Phi) is 5.23. The topological polar surface area (TPSA) is 41.6 Å². The fourth-order valence-corrected chi connectivity index (χ4v) is 3.18. The number of likely N-dealkylation sites (tertiary alicyclic amines) is 1. The van der Waals surface area contributed by atoms with Gasteiger partial charge in [0.15, 0.2) is 0 Å². The third-order valence-corrected chi connectivity index (χ3v) is 4.19. The third-order valence-electron chi connectivity index (χ3n) is 4.19. The van der Waals surface area contributed by atoms with Crippen LogP contribution in [0.5, 0.6) is 5.75 Å². The lowest BCUT2D eigenvalue weighted by Crippen LogP contribution is -2.48. The second-order valence-corrected chi connectivity index (χ2v) is 6.27. The zero-order valence-electron chi connectivity index (χ0n) is 13.4. The first-order chi connectivity index (χ1) is 10.0. The van der Waals surface area contributed by atoms with E-state index in [0.717, 1.165) is 18.8 Å². The zero-order chi connectivity index (χ0) is 15.4. The highest BCUT2D eigenvalue weighted by Crippen LogP contribution is 2.25. The lowest BCUT2D eigenvalue weighted by molar-refractivity contribution is -0.121. The van der Waals surface area contributed by atoms with Crippen molar-refractivity contribution in [1.82, 2.24) is 4.90 Å². The number of para-hydroxylation sites is 2. The van der Waals surface area contributed by atoms with Crippen LogP contribution < -0.4 is 10.1 Å². The molecule has 1 heterocycles. The van der Waals surface area contributed by atoms with Crippen LogP contribution in [0.25, 0.3) is 0 Å². The van der Waals surface area contributed by atoms with Gasteiger partial charge >= 0.3 is 0 Å². The largest absolute Gasteiger partial charge is 0.495 e. The van der Waals surface area contributed by atoms with Gasteiger partial charge in [-0.2, -0.15) is 0 Å². The number of rotatable bonds is 4. The summed E-state index contributed by atoms with van der Waals surface area (Å²) in [6.07, 6.45) is 1.25. The number of carbonyl (C=O) groups excluding carboxylic acids is 1. The summed E-state index contributed by atoms with van der Waals surface area (Å²) < 4.78 is 5.28. The molecule has 1 aliphatic heterocycles. The molecule has 1 aromatic carbocycles. The molecule has 4 heteroatoms. The molecule has 3 atom stereocenters. The van der Waals surface area contributed by atoms with Crippen molar-refractivity contribution in [2.24, 2.45) is 11.8 Å². The van der Waals surface area contributed by atoms with Gasteiger partial charge in [0.05, 0.1) is 18.8 Å². The lowest BCUT2D eigenvalue weighted by Gasteiger charge is -2.38. The van der Waals surface area contributed by atoms with Crippen molar-refractivity contribution >= 4 is 11.6 Å². The molecule has 0 aromatic heterocycles. The Balaban J connectivity index is 2.02. The van der Waals surface area contributed by atoms with Crippen LogP contribution >= 0.6 is 0 Å². The second-order valence-electron chi connectivity index (χ2n) is 6.27. The third kappa shape index (κ3) is 3.97. The summed E-state index contributed by atoms with van der Waals surface area (Å²) in [5.41, 5.74) is 0.731. The number of hydrogen-bond acceptors (Lipinski definition) is 3. The molecule has 0 saturated carbocycles. The predicted molar refractivity (Wildman–Crippen MR) is 85.6 cm³/mol. The average Bonchev–Trinajstić information content (AvgIpc) is 2.46. The Bertz CT molecular complexity index is 479. The molecule has 1 saturated heterocycles. The summed E-state index contributed by atoms with van der Waals surface area (Å²) >= 11 is 0. The summed E-state index contributed by atoms with van der Waals surface area (Å²) in [7, 11) is 1.61. The quantitative estimate of drug-likeness (QED) is 0.927. The summed E-state index contributed by atoms with van der Waals surface area (Å²) in [5.74, 6) is 2.02. The number of piperidine rings is 1. The highest BCUT2D eigenvalue weighted by atomic mass is 16.5. The van der Waals surface area contributed by atoms with Gasteiger partial charge in [-0.05, 0) is 37.3 Å². The Morgan fingerprint density at radius 1 is 1.29 bits per heavy atom. The smallest absolute Gasteiger partial charge is 0.241 e. The van der Waals surface area contributed by atoms with Gasteiger partial charge in [-0.3, -0.25) is 9.69 Å². The van der Waals surface area contributed by atoms with Crippen LogP contribution in [0, 0.1) is 11.8 Å². The Morgan fingerprint density at radius 2 is 1.90 bits per heavy atom. The van der Waals surface area contributed by atoms with Crippen molar-refractivity contribution < 1.29 is 9.53 Å². The van der Waals surface area contributed by atoms with Gasteiger partial charge in [0.2, 0.25) is 5.91 Å². The Morgan fingerprint density at radius 3 is 2.52 bits per heavy atom. The molecule has 0 unspecified atom stereocenters. The van der Waals surface area contributed by atoms with E-state index in [2.05, 4.69) is 24.1 Å². The Labute approximate surface area is 127 Å². The van der Waals surface area contributed by atoms with Crippen LogP contribution in [-0.4, -0.2) is 37.0 Å². The highest BCUT2D eigenvalue weighted by Gasteiger charge is 2.29. The second kappa shape index (κ2) is 6.94. The molecule has 1 N–H and O–H groups in total. The molecular weight excluding hydrogens is 264 g/mol. The summed E-state index contributed by atoms with van der Waals surface area (Å²) in [4.78, 5) is 14.8. The monoisotopic (exact) mass is 290 g/mol. The van der Waals surface area contributed by atoms with Crippen molar-refractivity contribution in [1.29, 1.82) is 0 Å². The first kappa shape index (κ1) is 15.8. The van der Waals surface area contributed by atoms with E-state index in [9.17, 15) is 4.79 Å². The van der Waals surface area contributed by atoms with Crippen LogP contribution in [0.1, 0.15) is 27.2 Å². The maximum atomic E-state index is 12.5. The van der Waals surface area contributed by atoms with Gasteiger partial charge in [-0.15, -0.1) is 0 Å². The van der Waals surface area contributed by atoms with E-state index in [1.807, 2.05) is 31.2 Å². The minimum absolute atomic E-state index is 0.0285. The van der Waals surface area contributed by atoms with Crippen molar-refractivity contribution in [3.05, 3.63) is 24.3 Å². The molecule has 1 aromatic rings. The molecule has 2 rings (SSSR count). The molecule has 21 heavy (non-hydrogen) atoms. The van der Waals surface area contributed by atoms with E-state index in [0.29, 0.717) is 17.6 Å². The van der Waals surface area contributed by atoms with E-state index in [-0.39, 0.29) is 11.9 Å². The van der Waals surface area contributed by atoms with Gasteiger partial charge in [-0.25, -0.2) is 0 Å². The van der Waals surface area contributed by atoms with Crippen molar-refractivity contribution in [2.75, 3.05) is 25.5 Å². The maximum absolute atomic E-state index is 12.5. The summed E-state index contributed by atoms with van der Waals surface area (Å²) in [5, 5.41) is 2.98. The van der Waals surface area contributed by atoms with Gasteiger partial charge in [0, 0.05) is 13.1 Å². The fraction of sp³-hybridized carbons (Fsp3) is 0.588. The fourth-order valence-electron chi connectivity index (χ4n) is 3.18. The van der Waals surface area contributed by atoms with Crippen LogP contribution in [0.3, 0.4) is 0 Å². The van der Waals surface area contributed by atoms with Crippen LogP contribution in [0.2, 0.25) is 0 Å². The number of nitrogens with one attached hydrogen (secondary N) is 1. The van der Waals surface area contributed by atoms with Gasteiger partial charge in [0.25, 0.3) is 0 Å². The van der Waals surface area contributed by atoms with Crippen molar-refractivity contribution in [3.63, 3.8) is 0 Å². The molecular formula is C17H26N2O2. The number of hydrogen-bond donors (Lipinski definition) is 1. The van der Waals surface area contributed by atoms with Gasteiger partial charge < -0.3 is 10.1 Å². The first-order valence-corrected chi connectivity index (χ1v) is 7.69. The van der Waals surface area contributed by atoms with Crippen LogP contribution in [0.4, 0.5) is 5.69 Å². The molecule has 0 radical (unpaired) electrons. The molecule has 1 aliphatic rings. The molecule has 1 fully saturated rings. The molecule has 116 valence electrons. The Hall–Kier alpha value is -1.55. The van der Waals surface area contributed by atoms with Crippen LogP contribution in [0.15, 0.2) is 24.3 Å². The minimum atomic E-state index is -0.125. The summed E-state index contributed by atoms with van der Waals surface area (Å²) in [6.45, 7) is 8.48. The standard InChI is InChI=1S/C17H26N2O2/c1-12-9-13(2)11-19(10-12)14(3)17(20)18-15-7-5-6-8-16(15)21-4/h5-8,12-14H,9-11H2,1-4H3,(H,18,20)/t12-,13+,14-/m1/s1. The van der Waals surface area contributed by atoms with E-state index in [4.69, 9.17) is 4.74 Å². The zero-order valence-corrected chi connectivity index (χ0v) is 13.4. The number of amides is 1. The molecule has 0 bridgehead atoms. The molecule has 0 aliphatic carbocycles.